The summed E-state index contributed by atoms with van der Waals surface area (Å²) in [5, 5.41) is 3.29. The number of carbonyl (C=O) groups excluding carboxylic acids is 1. The number of hydrogen-bond donors (Lipinski definition) is 1. The molecule has 7 heteroatoms. The highest BCUT2D eigenvalue weighted by atomic mass is 16.5. The van der Waals surface area contributed by atoms with Gasteiger partial charge in [0.2, 0.25) is 5.91 Å². The molecule has 2 aliphatic heterocycles. The third kappa shape index (κ3) is 5.49. The SMILES string of the molecule is COc1cc(OC)cc(N2CCCN(CCC(=O)N3CCNCC3)CC2)c1. The van der Waals surface area contributed by atoms with E-state index in [0.29, 0.717) is 6.42 Å². The van der Waals surface area contributed by atoms with Crippen LogP contribution in [0.25, 0.3) is 0 Å². The van der Waals surface area contributed by atoms with Crippen molar-refractivity contribution in [1.82, 2.24) is 15.1 Å². The number of amides is 1. The molecule has 0 saturated carbocycles. The lowest BCUT2D eigenvalue weighted by atomic mass is 10.2. The summed E-state index contributed by atoms with van der Waals surface area (Å²) in [6.07, 6.45) is 1.70. The summed E-state index contributed by atoms with van der Waals surface area (Å²) < 4.78 is 10.8. The minimum atomic E-state index is 0.287. The van der Waals surface area contributed by atoms with Crippen molar-refractivity contribution in [2.24, 2.45) is 0 Å². The Bertz CT molecular complexity index is 597. The average Bonchev–Trinajstić information content (AvgIpc) is 2.98. The van der Waals surface area contributed by atoms with Crippen molar-refractivity contribution in [1.29, 1.82) is 0 Å². The van der Waals surface area contributed by atoms with Gasteiger partial charge in [0.25, 0.3) is 0 Å². The van der Waals surface area contributed by atoms with E-state index in [1.54, 1.807) is 14.2 Å². The summed E-state index contributed by atoms with van der Waals surface area (Å²) in [5.74, 6) is 1.91. The molecule has 1 amide bonds. The van der Waals surface area contributed by atoms with Crippen molar-refractivity contribution >= 4 is 11.6 Å². The molecule has 0 radical (unpaired) electrons. The summed E-state index contributed by atoms with van der Waals surface area (Å²) in [6, 6.07) is 6.02. The van der Waals surface area contributed by atoms with Gasteiger partial charge in [0.15, 0.2) is 0 Å². The Morgan fingerprint density at radius 2 is 1.67 bits per heavy atom. The number of rotatable bonds is 6. The summed E-state index contributed by atoms with van der Waals surface area (Å²) in [6.45, 7) is 8.28. The molecule has 1 aromatic carbocycles. The number of nitrogens with one attached hydrogen (secondary N) is 1. The maximum Gasteiger partial charge on any atom is 0.223 e. The highest BCUT2D eigenvalue weighted by Gasteiger charge is 2.20. The molecule has 1 aromatic rings. The topological polar surface area (TPSA) is 57.3 Å². The molecule has 0 aromatic heterocycles. The van der Waals surface area contributed by atoms with E-state index in [9.17, 15) is 4.79 Å². The number of anilines is 1. The maximum absolute atomic E-state index is 12.4. The molecular formula is C20H32N4O3. The zero-order valence-corrected chi connectivity index (χ0v) is 16.6. The van der Waals surface area contributed by atoms with E-state index in [2.05, 4.69) is 27.2 Å². The van der Waals surface area contributed by atoms with Crippen LogP contribution in [0.15, 0.2) is 18.2 Å². The van der Waals surface area contributed by atoms with E-state index in [4.69, 9.17) is 9.47 Å². The monoisotopic (exact) mass is 376 g/mol. The number of hydrogen-bond acceptors (Lipinski definition) is 6. The van der Waals surface area contributed by atoms with Crippen LogP contribution in [0.2, 0.25) is 0 Å². The molecule has 0 bridgehead atoms. The predicted molar refractivity (Wildman–Crippen MR) is 107 cm³/mol. The fraction of sp³-hybridized carbons (Fsp3) is 0.650. The molecule has 0 spiro atoms. The number of benzene rings is 1. The van der Waals surface area contributed by atoms with E-state index in [0.717, 1.165) is 82.5 Å². The molecule has 3 rings (SSSR count). The van der Waals surface area contributed by atoms with Crippen molar-refractivity contribution < 1.29 is 14.3 Å². The molecule has 27 heavy (non-hydrogen) atoms. The first-order chi connectivity index (χ1) is 13.2. The van der Waals surface area contributed by atoms with Crippen LogP contribution in [0.3, 0.4) is 0 Å². The van der Waals surface area contributed by atoms with Gasteiger partial charge in [-0.3, -0.25) is 4.79 Å². The number of carbonyl (C=O) groups is 1. The van der Waals surface area contributed by atoms with Crippen LogP contribution in [0, 0.1) is 0 Å². The largest absolute Gasteiger partial charge is 0.497 e. The molecule has 2 saturated heterocycles. The predicted octanol–water partition coefficient (Wildman–Crippen LogP) is 1.04. The Morgan fingerprint density at radius 1 is 0.963 bits per heavy atom. The Kier molecular flexibility index (Phi) is 7.18. The fourth-order valence-corrected chi connectivity index (χ4v) is 3.75. The number of methoxy groups -OCH3 is 2. The molecule has 2 fully saturated rings. The van der Waals surface area contributed by atoms with E-state index in [1.807, 2.05) is 11.0 Å². The first kappa shape index (κ1) is 19.8. The first-order valence-corrected chi connectivity index (χ1v) is 9.88. The van der Waals surface area contributed by atoms with Crippen LogP contribution >= 0.6 is 0 Å². The van der Waals surface area contributed by atoms with Crippen molar-refractivity contribution in [3.05, 3.63) is 18.2 Å². The van der Waals surface area contributed by atoms with Crippen LogP contribution < -0.4 is 19.7 Å². The van der Waals surface area contributed by atoms with E-state index >= 15 is 0 Å². The number of ether oxygens (including phenoxy) is 2. The van der Waals surface area contributed by atoms with Crippen LogP contribution in [0.4, 0.5) is 5.69 Å². The van der Waals surface area contributed by atoms with Gasteiger partial charge in [-0.1, -0.05) is 0 Å². The lowest BCUT2D eigenvalue weighted by molar-refractivity contribution is -0.132. The standard InChI is InChI=1S/C20H32N4O3/c1-26-18-14-17(15-19(16-18)27-2)23-8-3-7-22(12-13-23)9-4-20(25)24-10-5-21-6-11-24/h14-16,21H,3-13H2,1-2H3. The summed E-state index contributed by atoms with van der Waals surface area (Å²) >= 11 is 0. The molecular weight excluding hydrogens is 344 g/mol. The third-order valence-corrected chi connectivity index (χ3v) is 5.40. The highest BCUT2D eigenvalue weighted by molar-refractivity contribution is 5.76. The normalized spacial score (nSPS) is 18.9. The van der Waals surface area contributed by atoms with Gasteiger partial charge in [-0.2, -0.15) is 0 Å². The van der Waals surface area contributed by atoms with Crippen molar-refractivity contribution in [2.75, 3.05) is 78.0 Å². The smallest absolute Gasteiger partial charge is 0.223 e. The van der Waals surface area contributed by atoms with Crippen LogP contribution in [-0.4, -0.2) is 88.8 Å². The Hall–Kier alpha value is -1.99. The minimum Gasteiger partial charge on any atom is -0.497 e. The van der Waals surface area contributed by atoms with Gasteiger partial charge in [0, 0.05) is 82.7 Å². The Morgan fingerprint density at radius 3 is 2.33 bits per heavy atom. The van der Waals surface area contributed by atoms with Gasteiger partial charge in [0.05, 0.1) is 14.2 Å². The zero-order valence-electron chi connectivity index (χ0n) is 16.6. The average molecular weight is 377 g/mol. The van der Waals surface area contributed by atoms with Crippen molar-refractivity contribution in [3.8, 4) is 11.5 Å². The number of piperazine rings is 1. The summed E-state index contributed by atoms with van der Waals surface area (Å²) in [7, 11) is 3.36. The summed E-state index contributed by atoms with van der Waals surface area (Å²) in [4.78, 5) is 19.2. The second kappa shape index (κ2) is 9.80. The lowest BCUT2D eigenvalue weighted by Crippen LogP contribution is -2.47. The molecule has 1 N–H and O–H groups in total. The second-order valence-electron chi connectivity index (χ2n) is 7.13. The number of nitrogens with zero attached hydrogens (tertiary/aromatic N) is 3. The van der Waals surface area contributed by atoms with Crippen LogP contribution in [-0.2, 0) is 4.79 Å². The lowest BCUT2D eigenvalue weighted by Gasteiger charge is -2.28. The van der Waals surface area contributed by atoms with Gasteiger partial charge >= 0.3 is 0 Å². The van der Waals surface area contributed by atoms with E-state index in [-0.39, 0.29) is 5.91 Å². The second-order valence-corrected chi connectivity index (χ2v) is 7.13. The molecule has 150 valence electrons. The summed E-state index contributed by atoms with van der Waals surface area (Å²) in [5.41, 5.74) is 1.13. The van der Waals surface area contributed by atoms with E-state index in [1.165, 1.54) is 0 Å². The third-order valence-electron chi connectivity index (χ3n) is 5.40. The molecule has 0 atom stereocenters. The Labute approximate surface area is 162 Å². The van der Waals surface area contributed by atoms with Crippen LogP contribution in [0.1, 0.15) is 12.8 Å². The van der Waals surface area contributed by atoms with E-state index < -0.39 is 0 Å². The minimum absolute atomic E-state index is 0.287. The Balaban J connectivity index is 1.52. The zero-order chi connectivity index (χ0) is 19.1. The van der Waals surface area contributed by atoms with Gasteiger partial charge in [-0.25, -0.2) is 0 Å². The molecule has 7 nitrogen and oxygen atoms in total. The molecule has 2 heterocycles. The molecule has 0 aliphatic carbocycles. The van der Waals surface area contributed by atoms with Crippen molar-refractivity contribution in [2.45, 2.75) is 12.8 Å². The maximum atomic E-state index is 12.4. The van der Waals surface area contributed by atoms with Gasteiger partial charge < -0.3 is 29.5 Å². The quantitative estimate of drug-likeness (QED) is 0.801. The van der Waals surface area contributed by atoms with Gasteiger partial charge in [-0.05, 0) is 13.0 Å². The highest BCUT2D eigenvalue weighted by Crippen LogP contribution is 2.29. The van der Waals surface area contributed by atoms with Gasteiger partial charge in [0.1, 0.15) is 11.5 Å². The van der Waals surface area contributed by atoms with Gasteiger partial charge in [-0.15, -0.1) is 0 Å². The fourth-order valence-electron chi connectivity index (χ4n) is 3.75. The van der Waals surface area contributed by atoms with Crippen molar-refractivity contribution in [3.63, 3.8) is 0 Å². The first-order valence-electron chi connectivity index (χ1n) is 9.88. The molecule has 0 unspecified atom stereocenters. The van der Waals surface area contributed by atoms with Crippen LogP contribution in [0.5, 0.6) is 11.5 Å². The molecule has 2 aliphatic rings.